The summed E-state index contributed by atoms with van der Waals surface area (Å²) in [6, 6.07) is 4.24. The molecule has 0 aliphatic carbocycles. The molecule has 1 aromatic rings. The average molecular weight is 301 g/mol. The first-order chi connectivity index (χ1) is 7.94. The van der Waals surface area contributed by atoms with Crippen molar-refractivity contribution in [3.8, 4) is 5.75 Å². The summed E-state index contributed by atoms with van der Waals surface area (Å²) in [5.41, 5.74) is 3.70. The van der Waals surface area contributed by atoms with E-state index in [0.717, 1.165) is 16.6 Å². The molecule has 1 rings (SSSR count). The van der Waals surface area contributed by atoms with Gasteiger partial charge in [0.05, 0.1) is 0 Å². The Morgan fingerprint density at radius 2 is 1.76 bits per heavy atom. The van der Waals surface area contributed by atoms with Crippen molar-refractivity contribution >= 4 is 15.9 Å². The Morgan fingerprint density at radius 3 is 2.29 bits per heavy atom. The van der Waals surface area contributed by atoms with Gasteiger partial charge in [0, 0.05) is 23.4 Å². The quantitative estimate of drug-likeness (QED) is 0.605. The normalized spacial score (nSPS) is 11.6. The van der Waals surface area contributed by atoms with Crippen LogP contribution in [-0.2, 0) is 10.2 Å². The van der Waals surface area contributed by atoms with E-state index in [1.54, 1.807) is 7.11 Å². The Kier molecular flexibility index (Phi) is 5.02. The van der Waals surface area contributed by atoms with E-state index in [1.165, 1.54) is 11.1 Å². The summed E-state index contributed by atoms with van der Waals surface area (Å²) in [5.74, 6) is 0.955. The van der Waals surface area contributed by atoms with Gasteiger partial charge in [0.15, 0.2) is 6.79 Å². The second-order valence-electron chi connectivity index (χ2n) is 4.97. The molecule has 0 aromatic heterocycles. The van der Waals surface area contributed by atoms with Crippen LogP contribution in [0.2, 0.25) is 0 Å². The van der Waals surface area contributed by atoms with Gasteiger partial charge in [0.25, 0.3) is 0 Å². The van der Waals surface area contributed by atoms with Crippen molar-refractivity contribution in [2.45, 2.75) is 33.1 Å². The molecule has 3 heteroatoms. The molecule has 1 aromatic carbocycles. The third-order valence-electron chi connectivity index (χ3n) is 2.89. The fraction of sp³-hybridized carbons (Fsp3) is 0.571. The summed E-state index contributed by atoms with van der Waals surface area (Å²) in [4.78, 5) is 0. The molecule has 0 saturated carbocycles. The number of methoxy groups -OCH3 is 1. The SMILES string of the molecule is COCOc1c(C)ccc(C)c1C(C)(C)CBr. The lowest BCUT2D eigenvalue weighted by atomic mass is 9.82. The number of aryl methyl sites for hydroxylation is 2. The molecular formula is C14H21BrO2. The summed E-state index contributed by atoms with van der Waals surface area (Å²) in [6.45, 7) is 8.90. The zero-order valence-corrected chi connectivity index (χ0v) is 12.8. The van der Waals surface area contributed by atoms with E-state index in [-0.39, 0.29) is 12.2 Å². The lowest BCUT2D eigenvalue weighted by Gasteiger charge is -2.28. The van der Waals surface area contributed by atoms with Crippen LogP contribution >= 0.6 is 15.9 Å². The van der Waals surface area contributed by atoms with Crippen molar-refractivity contribution in [1.29, 1.82) is 0 Å². The molecule has 0 radical (unpaired) electrons. The van der Waals surface area contributed by atoms with E-state index in [4.69, 9.17) is 9.47 Å². The van der Waals surface area contributed by atoms with E-state index in [0.29, 0.717) is 0 Å². The van der Waals surface area contributed by atoms with Crippen LogP contribution in [0.15, 0.2) is 12.1 Å². The van der Waals surface area contributed by atoms with Crippen molar-refractivity contribution < 1.29 is 9.47 Å². The molecule has 0 unspecified atom stereocenters. The Morgan fingerprint density at radius 1 is 1.18 bits per heavy atom. The first-order valence-corrected chi connectivity index (χ1v) is 6.84. The summed E-state index contributed by atoms with van der Waals surface area (Å²) in [5, 5.41) is 0.896. The maximum absolute atomic E-state index is 5.74. The average Bonchev–Trinajstić information content (AvgIpc) is 2.29. The predicted molar refractivity (Wildman–Crippen MR) is 75.2 cm³/mol. The van der Waals surface area contributed by atoms with E-state index in [1.807, 2.05) is 0 Å². The fourth-order valence-electron chi connectivity index (χ4n) is 2.00. The van der Waals surface area contributed by atoms with Crippen LogP contribution in [0, 0.1) is 13.8 Å². The molecule has 0 amide bonds. The Bertz CT molecular complexity index is 386. The van der Waals surface area contributed by atoms with Gasteiger partial charge in [-0.25, -0.2) is 0 Å². The van der Waals surface area contributed by atoms with E-state index < -0.39 is 0 Å². The molecule has 0 heterocycles. The number of ether oxygens (including phenoxy) is 2. The molecule has 0 aliphatic heterocycles. The molecule has 0 spiro atoms. The molecule has 0 bridgehead atoms. The van der Waals surface area contributed by atoms with Crippen LogP contribution in [0.25, 0.3) is 0 Å². The molecule has 0 saturated heterocycles. The van der Waals surface area contributed by atoms with Gasteiger partial charge < -0.3 is 9.47 Å². The van der Waals surface area contributed by atoms with Gasteiger partial charge in [-0.15, -0.1) is 0 Å². The molecule has 0 aliphatic rings. The van der Waals surface area contributed by atoms with Crippen molar-refractivity contribution in [3.63, 3.8) is 0 Å². The zero-order chi connectivity index (χ0) is 13.1. The topological polar surface area (TPSA) is 18.5 Å². The van der Waals surface area contributed by atoms with Crippen molar-refractivity contribution in [1.82, 2.24) is 0 Å². The van der Waals surface area contributed by atoms with Crippen molar-refractivity contribution in [3.05, 3.63) is 28.8 Å². The van der Waals surface area contributed by atoms with E-state index in [2.05, 4.69) is 55.8 Å². The monoisotopic (exact) mass is 300 g/mol. The molecule has 0 fully saturated rings. The number of hydrogen-bond acceptors (Lipinski definition) is 2. The zero-order valence-electron chi connectivity index (χ0n) is 11.3. The molecule has 17 heavy (non-hydrogen) atoms. The lowest BCUT2D eigenvalue weighted by molar-refractivity contribution is 0.0493. The summed E-state index contributed by atoms with van der Waals surface area (Å²) >= 11 is 3.58. The highest BCUT2D eigenvalue weighted by Gasteiger charge is 2.26. The van der Waals surface area contributed by atoms with Crippen LogP contribution in [0.4, 0.5) is 0 Å². The number of benzene rings is 1. The molecule has 0 atom stereocenters. The van der Waals surface area contributed by atoms with Gasteiger partial charge >= 0.3 is 0 Å². The Hall–Kier alpha value is -0.540. The minimum atomic E-state index is 0.0409. The number of halogens is 1. The third kappa shape index (κ3) is 3.23. The third-order valence-corrected chi connectivity index (χ3v) is 4.30. The Balaban J connectivity index is 3.29. The maximum Gasteiger partial charge on any atom is 0.188 e. The highest BCUT2D eigenvalue weighted by molar-refractivity contribution is 9.09. The van der Waals surface area contributed by atoms with Crippen LogP contribution in [0.1, 0.15) is 30.5 Å². The first kappa shape index (κ1) is 14.5. The summed E-state index contributed by atoms with van der Waals surface area (Å²) < 4.78 is 10.8. The minimum Gasteiger partial charge on any atom is -0.467 e. The standard InChI is InChI=1S/C14H21BrO2/c1-10-6-7-11(2)13(17-9-16-5)12(10)14(3,4)8-15/h6-7H,8-9H2,1-5H3. The number of rotatable bonds is 5. The van der Waals surface area contributed by atoms with Gasteiger partial charge in [-0.2, -0.15) is 0 Å². The van der Waals surface area contributed by atoms with E-state index >= 15 is 0 Å². The minimum absolute atomic E-state index is 0.0409. The Labute approximate surface area is 112 Å². The fourth-order valence-corrected chi connectivity index (χ4v) is 2.28. The van der Waals surface area contributed by atoms with Gasteiger partial charge in [0.1, 0.15) is 5.75 Å². The smallest absolute Gasteiger partial charge is 0.188 e. The summed E-state index contributed by atoms with van der Waals surface area (Å²) in [6.07, 6.45) is 0. The van der Waals surface area contributed by atoms with Crippen molar-refractivity contribution in [2.75, 3.05) is 19.2 Å². The van der Waals surface area contributed by atoms with Gasteiger partial charge in [-0.1, -0.05) is 41.9 Å². The second kappa shape index (κ2) is 5.87. The highest BCUT2D eigenvalue weighted by Crippen LogP contribution is 2.37. The molecule has 96 valence electrons. The van der Waals surface area contributed by atoms with Crippen LogP contribution in [0.3, 0.4) is 0 Å². The molecular weight excluding hydrogens is 280 g/mol. The van der Waals surface area contributed by atoms with E-state index in [9.17, 15) is 0 Å². The van der Waals surface area contributed by atoms with Crippen LogP contribution in [0.5, 0.6) is 5.75 Å². The van der Waals surface area contributed by atoms with Crippen LogP contribution in [-0.4, -0.2) is 19.2 Å². The number of alkyl halides is 1. The molecule has 0 N–H and O–H groups in total. The summed E-state index contributed by atoms with van der Waals surface area (Å²) in [7, 11) is 1.64. The predicted octanol–water partition coefficient (Wildman–Crippen LogP) is 3.96. The van der Waals surface area contributed by atoms with Gasteiger partial charge in [-0.3, -0.25) is 0 Å². The van der Waals surface area contributed by atoms with Gasteiger partial charge in [0.2, 0.25) is 0 Å². The molecule has 2 nitrogen and oxygen atoms in total. The second-order valence-corrected chi connectivity index (χ2v) is 5.53. The largest absolute Gasteiger partial charge is 0.467 e. The van der Waals surface area contributed by atoms with Crippen molar-refractivity contribution in [2.24, 2.45) is 0 Å². The maximum atomic E-state index is 5.74. The number of hydrogen-bond donors (Lipinski definition) is 0. The first-order valence-electron chi connectivity index (χ1n) is 5.72. The van der Waals surface area contributed by atoms with Crippen LogP contribution < -0.4 is 4.74 Å². The highest BCUT2D eigenvalue weighted by atomic mass is 79.9. The van der Waals surface area contributed by atoms with Gasteiger partial charge in [-0.05, 0) is 25.0 Å². The lowest BCUT2D eigenvalue weighted by Crippen LogP contribution is -2.22.